The summed E-state index contributed by atoms with van der Waals surface area (Å²) in [4.78, 5) is 29.1. The molecule has 0 radical (unpaired) electrons. The van der Waals surface area contributed by atoms with Crippen LogP contribution in [0.25, 0.3) is 17.0 Å². The van der Waals surface area contributed by atoms with Crippen LogP contribution in [0.15, 0.2) is 67.0 Å². The van der Waals surface area contributed by atoms with Crippen LogP contribution in [0.4, 0.5) is 36.4 Å². The number of para-hydroxylation sites is 2. The van der Waals surface area contributed by atoms with Crippen LogP contribution < -0.4 is 14.7 Å². The van der Waals surface area contributed by atoms with Crippen LogP contribution in [0.5, 0.6) is 0 Å². The molecule has 2 fully saturated rings. The van der Waals surface area contributed by atoms with E-state index in [0.29, 0.717) is 62.3 Å². The van der Waals surface area contributed by atoms with Crippen LogP contribution in [-0.4, -0.2) is 74.9 Å². The molecular weight excluding hydrogens is 583 g/mol. The number of morpholine rings is 1. The van der Waals surface area contributed by atoms with Gasteiger partial charge in [-0.2, -0.15) is 15.0 Å². The van der Waals surface area contributed by atoms with Crippen molar-refractivity contribution < 1.29 is 17.9 Å². The number of alkyl halides is 2. The van der Waals surface area contributed by atoms with Crippen LogP contribution in [0.2, 0.25) is 0 Å². The van der Waals surface area contributed by atoms with E-state index in [0.717, 1.165) is 29.8 Å². The van der Waals surface area contributed by atoms with E-state index in [1.165, 1.54) is 16.7 Å². The molecule has 7 rings (SSSR count). The van der Waals surface area contributed by atoms with Crippen LogP contribution >= 0.6 is 0 Å². The minimum Gasteiger partial charge on any atom is -0.378 e. The van der Waals surface area contributed by atoms with Gasteiger partial charge in [-0.05, 0) is 67.8 Å². The van der Waals surface area contributed by atoms with E-state index >= 15 is 0 Å². The molecule has 232 valence electrons. The molecule has 0 aliphatic carbocycles. The van der Waals surface area contributed by atoms with Crippen molar-refractivity contribution in [1.29, 1.82) is 0 Å². The molecule has 0 unspecified atom stereocenters. The predicted octanol–water partition coefficient (Wildman–Crippen LogP) is 5.63. The fourth-order valence-corrected chi connectivity index (χ4v) is 6.10. The maximum Gasteiger partial charge on any atom is 0.296 e. The Morgan fingerprint density at radius 2 is 1.49 bits per heavy atom. The van der Waals surface area contributed by atoms with Gasteiger partial charge in [0.15, 0.2) is 5.82 Å². The third kappa shape index (κ3) is 5.75. The normalized spacial score (nSPS) is 16.1. The van der Waals surface area contributed by atoms with Gasteiger partial charge in [-0.25, -0.2) is 18.2 Å². The molecule has 0 spiro atoms. The molecule has 13 heteroatoms. The predicted molar refractivity (Wildman–Crippen MR) is 165 cm³/mol. The molecule has 0 bridgehead atoms. The number of ether oxygens (including phenoxy) is 1. The number of imidazole rings is 1. The molecule has 5 heterocycles. The molecular formula is C32H32F3N9O. The maximum atomic E-state index is 14.3. The van der Waals surface area contributed by atoms with Crippen molar-refractivity contribution in [2.75, 3.05) is 54.1 Å². The zero-order valence-corrected chi connectivity index (χ0v) is 24.7. The fourth-order valence-electron chi connectivity index (χ4n) is 6.10. The van der Waals surface area contributed by atoms with Crippen molar-refractivity contribution in [2.45, 2.75) is 32.2 Å². The molecule has 2 aromatic carbocycles. The Bertz CT molecular complexity index is 1790. The van der Waals surface area contributed by atoms with Gasteiger partial charge in [0.05, 0.1) is 24.2 Å². The number of anilines is 4. The molecule has 3 aromatic heterocycles. The summed E-state index contributed by atoms with van der Waals surface area (Å²) < 4.78 is 49.3. The first-order chi connectivity index (χ1) is 22.0. The summed E-state index contributed by atoms with van der Waals surface area (Å²) in [6.45, 7) is 5.44. The molecule has 0 N–H and O–H groups in total. The lowest BCUT2D eigenvalue weighted by Crippen LogP contribution is -2.44. The third-order valence-corrected chi connectivity index (χ3v) is 8.34. The van der Waals surface area contributed by atoms with E-state index in [-0.39, 0.29) is 17.8 Å². The van der Waals surface area contributed by atoms with Crippen molar-refractivity contribution in [3.8, 4) is 5.95 Å². The summed E-state index contributed by atoms with van der Waals surface area (Å²) >= 11 is 0. The summed E-state index contributed by atoms with van der Waals surface area (Å²) in [5.74, 6) is 0.239. The zero-order chi connectivity index (χ0) is 30.9. The number of aryl methyl sites for hydroxylation is 1. The Labute approximate surface area is 258 Å². The highest BCUT2D eigenvalue weighted by Crippen LogP contribution is 2.35. The van der Waals surface area contributed by atoms with Gasteiger partial charge in [-0.1, -0.05) is 12.1 Å². The largest absolute Gasteiger partial charge is 0.378 e. The monoisotopic (exact) mass is 615 g/mol. The minimum atomic E-state index is -2.82. The Morgan fingerprint density at radius 1 is 0.822 bits per heavy atom. The lowest BCUT2D eigenvalue weighted by Gasteiger charge is -2.40. The second-order valence-corrected chi connectivity index (χ2v) is 11.2. The van der Waals surface area contributed by atoms with Crippen molar-refractivity contribution in [3.63, 3.8) is 0 Å². The summed E-state index contributed by atoms with van der Waals surface area (Å²) in [6, 6.07) is 15.6. The minimum absolute atomic E-state index is 0.105. The van der Waals surface area contributed by atoms with E-state index in [4.69, 9.17) is 19.7 Å². The van der Waals surface area contributed by atoms with Gasteiger partial charge in [-0.3, -0.25) is 9.55 Å². The van der Waals surface area contributed by atoms with Gasteiger partial charge < -0.3 is 19.4 Å². The number of fused-ring (bicyclic) bond motifs is 1. The second kappa shape index (κ2) is 12.3. The first-order valence-electron chi connectivity index (χ1n) is 15.0. The number of aromatic nitrogens is 6. The Morgan fingerprint density at radius 3 is 2.18 bits per heavy atom. The number of halogens is 3. The smallest absolute Gasteiger partial charge is 0.296 e. The molecule has 2 aliphatic rings. The number of benzene rings is 2. The van der Waals surface area contributed by atoms with Crippen LogP contribution in [0.3, 0.4) is 0 Å². The Kier molecular flexibility index (Phi) is 7.92. The molecule has 0 saturated carbocycles. The fraction of sp³-hybridized carbons (Fsp3) is 0.344. The first-order valence-corrected chi connectivity index (χ1v) is 15.0. The van der Waals surface area contributed by atoms with Crippen molar-refractivity contribution >= 4 is 34.3 Å². The van der Waals surface area contributed by atoms with Crippen LogP contribution in [-0.2, 0) is 4.74 Å². The lowest BCUT2D eigenvalue weighted by atomic mass is 10.0. The maximum absolute atomic E-state index is 14.3. The number of hydrogen-bond acceptors (Lipinski definition) is 9. The number of hydrogen-bond donors (Lipinski definition) is 0. The Hall–Kier alpha value is -4.78. The van der Waals surface area contributed by atoms with Crippen LogP contribution in [0, 0.1) is 12.7 Å². The third-order valence-electron chi connectivity index (χ3n) is 8.34. The van der Waals surface area contributed by atoms with Gasteiger partial charge in [0.1, 0.15) is 5.82 Å². The van der Waals surface area contributed by atoms with E-state index in [1.807, 2.05) is 24.1 Å². The zero-order valence-electron chi connectivity index (χ0n) is 24.7. The van der Waals surface area contributed by atoms with Crippen LogP contribution in [0.1, 0.15) is 30.7 Å². The number of pyridine rings is 1. The highest BCUT2D eigenvalue weighted by atomic mass is 19.3. The van der Waals surface area contributed by atoms with E-state index in [2.05, 4.69) is 19.8 Å². The molecule has 0 amide bonds. The summed E-state index contributed by atoms with van der Waals surface area (Å²) in [5, 5.41) is 0. The summed E-state index contributed by atoms with van der Waals surface area (Å²) in [7, 11) is 0. The van der Waals surface area contributed by atoms with Gasteiger partial charge in [0, 0.05) is 56.0 Å². The van der Waals surface area contributed by atoms with Gasteiger partial charge in [0.25, 0.3) is 6.43 Å². The lowest BCUT2D eigenvalue weighted by molar-refractivity contribution is 0.122. The number of nitrogens with zero attached hydrogens (tertiary/aromatic N) is 9. The number of piperidine rings is 1. The van der Waals surface area contributed by atoms with E-state index in [9.17, 15) is 13.2 Å². The van der Waals surface area contributed by atoms with Crippen molar-refractivity contribution in [1.82, 2.24) is 29.5 Å². The first kappa shape index (κ1) is 29.0. The highest BCUT2D eigenvalue weighted by Gasteiger charge is 2.30. The van der Waals surface area contributed by atoms with Gasteiger partial charge in [0.2, 0.25) is 17.8 Å². The second-order valence-electron chi connectivity index (χ2n) is 11.2. The molecule has 5 aromatic rings. The summed E-state index contributed by atoms with van der Waals surface area (Å²) in [6.07, 6.45) is 2.27. The van der Waals surface area contributed by atoms with E-state index in [1.54, 1.807) is 42.6 Å². The summed E-state index contributed by atoms with van der Waals surface area (Å²) in [5.41, 5.74) is 3.87. The Balaban J connectivity index is 1.24. The molecule has 45 heavy (non-hydrogen) atoms. The molecule has 2 aliphatic heterocycles. The van der Waals surface area contributed by atoms with Crippen molar-refractivity contribution in [2.24, 2.45) is 0 Å². The topological polar surface area (TPSA) is 88.3 Å². The molecule has 0 atom stereocenters. The van der Waals surface area contributed by atoms with Gasteiger partial charge >= 0.3 is 0 Å². The molecule has 2 saturated heterocycles. The average Bonchev–Trinajstić information content (AvgIpc) is 3.47. The highest BCUT2D eigenvalue weighted by molar-refractivity contribution is 5.77. The molecule has 10 nitrogen and oxygen atoms in total. The SMILES string of the molecule is Cc1cnccc1N(c1ccc(F)cc1)C1CCN(c2nc(N3CCOCC3)nc(-n3c(C(F)F)nc4ccccc43)n2)CC1. The van der Waals surface area contributed by atoms with Gasteiger partial charge in [-0.15, -0.1) is 0 Å². The quantitative estimate of drug-likeness (QED) is 0.231. The average molecular weight is 616 g/mol. The van der Waals surface area contributed by atoms with E-state index < -0.39 is 12.2 Å². The van der Waals surface area contributed by atoms with Crippen molar-refractivity contribution in [3.05, 3.63) is 84.2 Å². The number of rotatable bonds is 7. The standard InChI is InChI=1S/C32H32F3N9O/c1-21-20-36-13-10-26(21)43(23-8-6-22(33)7-9-23)24-11-14-41(15-12-24)30-38-31(42-16-18-45-19-17-42)40-32(39-30)44-27-5-3-2-4-25(27)37-29(44)28(34)35/h2-10,13,20,24,28H,11-12,14-19H2,1H3.